The number of ether oxygens (including phenoxy) is 1. The highest BCUT2D eigenvalue weighted by Crippen LogP contribution is 2.33. The van der Waals surface area contributed by atoms with Crippen LogP contribution in [0.15, 0.2) is 24.3 Å². The number of halogens is 3. The molecule has 2 N–H and O–H groups in total. The summed E-state index contributed by atoms with van der Waals surface area (Å²) >= 11 is 0.251. The van der Waals surface area contributed by atoms with Gasteiger partial charge in [0.2, 0.25) is 10.1 Å². The van der Waals surface area contributed by atoms with Crippen LogP contribution in [0, 0.1) is 0 Å². The minimum Gasteiger partial charge on any atom is -0.494 e. The molecule has 0 atom stereocenters. The van der Waals surface area contributed by atoms with E-state index in [4.69, 9.17) is 4.74 Å². The Balaban J connectivity index is 1.90. The first-order valence-electron chi connectivity index (χ1n) is 6.60. The van der Waals surface area contributed by atoms with E-state index in [1.807, 2.05) is 6.92 Å². The maximum atomic E-state index is 12.4. The van der Waals surface area contributed by atoms with E-state index >= 15 is 0 Å². The van der Waals surface area contributed by atoms with E-state index in [2.05, 4.69) is 20.8 Å². The second-order valence-corrected chi connectivity index (χ2v) is 5.34. The lowest BCUT2D eigenvalue weighted by molar-refractivity contribution is -0.138. The summed E-state index contributed by atoms with van der Waals surface area (Å²) in [5.74, 6) is 0.664. The van der Waals surface area contributed by atoms with Gasteiger partial charge in [-0.3, -0.25) is 5.32 Å². The summed E-state index contributed by atoms with van der Waals surface area (Å²) in [5.41, 5.74) is 0.465. The summed E-state index contributed by atoms with van der Waals surface area (Å²) < 4.78 is 42.5. The molecule has 2 rings (SSSR count). The van der Waals surface area contributed by atoms with Crippen molar-refractivity contribution in [3.63, 3.8) is 0 Å². The number of nitrogens with one attached hydrogen (secondary N) is 2. The Kier molecular flexibility index (Phi) is 5.37. The summed E-state index contributed by atoms with van der Waals surface area (Å²) in [6, 6.07) is 5.88. The minimum atomic E-state index is -4.58. The summed E-state index contributed by atoms with van der Waals surface area (Å²) in [6.45, 7) is 2.57. The molecule has 1 aromatic carbocycles. The van der Waals surface area contributed by atoms with Crippen molar-refractivity contribution in [3.05, 3.63) is 29.3 Å². The molecular weight excluding hydrogens is 333 g/mol. The van der Waals surface area contributed by atoms with Gasteiger partial charge in [-0.15, -0.1) is 10.2 Å². The number of carbonyl (C=O) groups excluding carboxylic acids is 1. The number of rotatable bonds is 5. The smallest absolute Gasteiger partial charge is 0.445 e. The van der Waals surface area contributed by atoms with Gasteiger partial charge in [0.15, 0.2) is 0 Å². The lowest BCUT2D eigenvalue weighted by Crippen LogP contribution is -2.19. The average Bonchev–Trinajstić information content (AvgIpc) is 2.95. The number of carbonyl (C=O) groups is 1. The highest BCUT2D eigenvalue weighted by Gasteiger charge is 2.35. The van der Waals surface area contributed by atoms with Gasteiger partial charge in [-0.2, -0.15) is 13.2 Å². The highest BCUT2D eigenvalue weighted by molar-refractivity contribution is 7.15. The molecule has 10 heteroatoms. The van der Waals surface area contributed by atoms with Crippen molar-refractivity contribution in [2.24, 2.45) is 0 Å². The fourth-order valence-electron chi connectivity index (χ4n) is 1.50. The van der Waals surface area contributed by atoms with Crippen LogP contribution in [-0.2, 0) is 6.18 Å². The van der Waals surface area contributed by atoms with Crippen molar-refractivity contribution in [2.75, 3.05) is 17.2 Å². The molecule has 2 aromatic rings. The van der Waals surface area contributed by atoms with Crippen molar-refractivity contribution >= 4 is 28.2 Å². The Bertz CT molecular complexity index is 658. The van der Waals surface area contributed by atoms with Crippen LogP contribution in [0.5, 0.6) is 5.75 Å². The molecule has 0 unspecified atom stereocenters. The molecule has 124 valence electrons. The molecule has 0 bridgehead atoms. The number of urea groups is 1. The van der Waals surface area contributed by atoms with Gasteiger partial charge < -0.3 is 10.1 Å². The maximum absolute atomic E-state index is 12.4. The standard InChI is InChI=1S/C13H13F3N4O2S/c1-2-7-22-9-5-3-8(4-6-9)17-11(21)18-12-20-19-10(23-12)13(14,15)16/h3-6H,2,7H2,1H3,(H2,17,18,20,21). The SMILES string of the molecule is CCCOc1ccc(NC(=O)Nc2nnc(C(F)(F)F)s2)cc1. The Morgan fingerprint density at radius 2 is 1.91 bits per heavy atom. The molecule has 1 heterocycles. The third kappa shape index (κ3) is 5.09. The first kappa shape index (κ1) is 17.0. The maximum Gasteiger partial charge on any atom is 0.445 e. The average molecular weight is 346 g/mol. The van der Waals surface area contributed by atoms with Crippen LogP contribution in [0.25, 0.3) is 0 Å². The van der Waals surface area contributed by atoms with Gasteiger partial charge in [-0.1, -0.05) is 18.3 Å². The van der Waals surface area contributed by atoms with Crippen molar-refractivity contribution in [2.45, 2.75) is 19.5 Å². The van der Waals surface area contributed by atoms with E-state index in [0.717, 1.165) is 6.42 Å². The van der Waals surface area contributed by atoms with E-state index in [0.29, 0.717) is 18.0 Å². The number of nitrogens with zero attached hydrogens (tertiary/aromatic N) is 2. The molecule has 2 amide bonds. The number of aromatic nitrogens is 2. The number of hydrogen-bond donors (Lipinski definition) is 2. The molecule has 23 heavy (non-hydrogen) atoms. The number of alkyl halides is 3. The second kappa shape index (κ2) is 7.27. The normalized spacial score (nSPS) is 11.1. The van der Waals surface area contributed by atoms with Crippen molar-refractivity contribution in [1.29, 1.82) is 0 Å². The van der Waals surface area contributed by atoms with Crippen LogP contribution in [0.2, 0.25) is 0 Å². The number of amides is 2. The molecule has 6 nitrogen and oxygen atoms in total. The summed E-state index contributed by atoms with van der Waals surface area (Å²) in [5, 5.41) is 9.55. The zero-order valence-corrected chi connectivity index (χ0v) is 12.8. The third-order valence-corrected chi connectivity index (χ3v) is 3.36. The molecule has 0 saturated heterocycles. The zero-order valence-electron chi connectivity index (χ0n) is 12.0. The van der Waals surface area contributed by atoms with Crippen LogP contribution in [-0.4, -0.2) is 22.8 Å². The van der Waals surface area contributed by atoms with E-state index in [1.165, 1.54) is 0 Å². The lowest BCUT2D eigenvalue weighted by Gasteiger charge is -2.07. The Morgan fingerprint density at radius 1 is 1.22 bits per heavy atom. The zero-order chi connectivity index (χ0) is 16.9. The van der Waals surface area contributed by atoms with Crippen LogP contribution in [0.4, 0.5) is 28.8 Å². The predicted molar refractivity (Wildman–Crippen MR) is 79.8 cm³/mol. The molecule has 0 saturated carbocycles. The van der Waals surface area contributed by atoms with Crippen LogP contribution in [0.3, 0.4) is 0 Å². The fraction of sp³-hybridized carbons (Fsp3) is 0.308. The molecule has 1 aromatic heterocycles. The molecule has 0 aliphatic carbocycles. The van der Waals surface area contributed by atoms with Gasteiger partial charge in [0, 0.05) is 5.69 Å². The van der Waals surface area contributed by atoms with E-state index in [1.54, 1.807) is 24.3 Å². The minimum absolute atomic E-state index is 0.238. The first-order chi connectivity index (χ1) is 10.9. The van der Waals surface area contributed by atoms with E-state index in [9.17, 15) is 18.0 Å². The van der Waals surface area contributed by atoms with E-state index < -0.39 is 17.2 Å². The number of hydrogen-bond acceptors (Lipinski definition) is 5. The Labute approximate surface area is 133 Å². The quantitative estimate of drug-likeness (QED) is 0.858. The highest BCUT2D eigenvalue weighted by atomic mass is 32.1. The Morgan fingerprint density at radius 3 is 2.48 bits per heavy atom. The topological polar surface area (TPSA) is 76.1 Å². The van der Waals surface area contributed by atoms with Gasteiger partial charge in [0.25, 0.3) is 0 Å². The Hall–Kier alpha value is -2.36. The van der Waals surface area contributed by atoms with Crippen LogP contribution >= 0.6 is 11.3 Å². The lowest BCUT2D eigenvalue weighted by atomic mass is 10.3. The van der Waals surface area contributed by atoms with Gasteiger partial charge >= 0.3 is 12.2 Å². The van der Waals surface area contributed by atoms with E-state index in [-0.39, 0.29) is 16.5 Å². The fourth-order valence-corrected chi connectivity index (χ4v) is 2.11. The van der Waals surface area contributed by atoms with Gasteiger partial charge in [-0.25, -0.2) is 4.79 Å². The summed E-state index contributed by atoms with van der Waals surface area (Å²) in [4.78, 5) is 11.7. The van der Waals surface area contributed by atoms with Crippen LogP contribution in [0.1, 0.15) is 18.4 Å². The van der Waals surface area contributed by atoms with Crippen molar-refractivity contribution in [1.82, 2.24) is 10.2 Å². The third-order valence-electron chi connectivity index (χ3n) is 2.47. The van der Waals surface area contributed by atoms with Gasteiger partial charge in [0.05, 0.1) is 6.61 Å². The molecule has 0 aliphatic rings. The van der Waals surface area contributed by atoms with Crippen molar-refractivity contribution < 1.29 is 22.7 Å². The van der Waals surface area contributed by atoms with Crippen LogP contribution < -0.4 is 15.4 Å². The first-order valence-corrected chi connectivity index (χ1v) is 7.41. The largest absolute Gasteiger partial charge is 0.494 e. The number of anilines is 2. The molecule has 0 fully saturated rings. The molecule has 0 radical (unpaired) electrons. The van der Waals surface area contributed by atoms with Crippen molar-refractivity contribution in [3.8, 4) is 5.75 Å². The van der Waals surface area contributed by atoms with Gasteiger partial charge in [0.1, 0.15) is 5.75 Å². The molecule has 0 spiro atoms. The van der Waals surface area contributed by atoms with Gasteiger partial charge in [-0.05, 0) is 30.7 Å². The monoisotopic (exact) mass is 346 g/mol. The molecule has 0 aliphatic heterocycles. The summed E-state index contributed by atoms with van der Waals surface area (Å²) in [6.07, 6.45) is -3.70. The predicted octanol–water partition coefficient (Wildman–Crippen LogP) is 3.99. The number of benzene rings is 1. The molecular formula is C13H13F3N4O2S. The summed E-state index contributed by atoms with van der Waals surface area (Å²) in [7, 11) is 0. The second-order valence-electron chi connectivity index (χ2n) is 4.36.